The Morgan fingerprint density at radius 1 is 1.07 bits per heavy atom. The molecule has 3 rings (SSSR count). The van der Waals surface area contributed by atoms with Gasteiger partial charge in [-0.15, -0.1) is 0 Å². The molecule has 5 heteroatoms. The van der Waals surface area contributed by atoms with Crippen LogP contribution in [0.5, 0.6) is 0 Å². The van der Waals surface area contributed by atoms with Crippen molar-refractivity contribution in [1.29, 1.82) is 0 Å². The first-order valence-corrected chi connectivity index (χ1v) is 10.1. The molecule has 0 bridgehead atoms. The van der Waals surface area contributed by atoms with E-state index < -0.39 is 5.97 Å². The van der Waals surface area contributed by atoms with Gasteiger partial charge in [0.05, 0.1) is 5.52 Å². The van der Waals surface area contributed by atoms with Crippen LogP contribution in [0.15, 0.2) is 66.9 Å². The maximum Gasteiger partial charge on any atom is 0.331 e. The molecule has 30 heavy (non-hydrogen) atoms. The molecule has 0 fully saturated rings. The fourth-order valence-corrected chi connectivity index (χ4v) is 3.17. The average Bonchev–Trinajstić information content (AvgIpc) is 2.77. The van der Waals surface area contributed by atoms with Crippen molar-refractivity contribution in [2.75, 3.05) is 13.2 Å². The lowest BCUT2D eigenvalue weighted by Gasteiger charge is -2.22. The molecule has 0 aliphatic heterocycles. The number of aromatic nitrogens is 1. The third-order valence-corrected chi connectivity index (χ3v) is 4.74. The molecule has 0 spiro atoms. The molecule has 2 aromatic carbocycles. The van der Waals surface area contributed by atoms with Gasteiger partial charge in [-0.25, -0.2) is 4.79 Å². The van der Waals surface area contributed by atoms with Gasteiger partial charge in [0.2, 0.25) is 0 Å². The second-order valence-electron chi connectivity index (χ2n) is 7.16. The Morgan fingerprint density at radius 2 is 1.83 bits per heavy atom. The van der Waals surface area contributed by atoms with E-state index in [-0.39, 0.29) is 12.5 Å². The van der Waals surface area contributed by atoms with E-state index in [1.54, 1.807) is 17.2 Å². The normalized spacial score (nSPS) is 11.0. The number of carbonyl (C=O) groups excluding carboxylic acids is 2. The number of rotatable bonds is 8. The highest BCUT2D eigenvalue weighted by Crippen LogP contribution is 2.17. The number of nitrogens with zero attached hydrogens (tertiary/aromatic N) is 2. The maximum atomic E-state index is 12.6. The number of aryl methyl sites for hydroxylation is 1. The monoisotopic (exact) mass is 402 g/mol. The van der Waals surface area contributed by atoms with Gasteiger partial charge in [-0.05, 0) is 31.1 Å². The molecule has 1 aromatic heterocycles. The van der Waals surface area contributed by atoms with E-state index >= 15 is 0 Å². The Kier molecular flexibility index (Phi) is 7.33. The quantitative estimate of drug-likeness (QED) is 0.410. The molecule has 3 aromatic rings. The van der Waals surface area contributed by atoms with Gasteiger partial charge in [-0.1, -0.05) is 61.0 Å². The molecule has 1 amide bonds. The summed E-state index contributed by atoms with van der Waals surface area (Å²) in [7, 11) is 0. The molecule has 0 saturated heterocycles. The highest BCUT2D eigenvalue weighted by atomic mass is 16.5. The number of esters is 1. The summed E-state index contributed by atoms with van der Waals surface area (Å²) in [5, 5.41) is 0.995. The van der Waals surface area contributed by atoms with E-state index in [9.17, 15) is 9.59 Å². The molecular weight excluding hydrogens is 376 g/mol. The summed E-state index contributed by atoms with van der Waals surface area (Å²) >= 11 is 0. The van der Waals surface area contributed by atoms with Gasteiger partial charge in [0.15, 0.2) is 6.61 Å². The molecule has 5 nitrogen and oxygen atoms in total. The van der Waals surface area contributed by atoms with Crippen LogP contribution < -0.4 is 0 Å². The van der Waals surface area contributed by atoms with Crippen molar-refractivity contribution in [3.8, 4) is 0 Å². The number of benzene rings is 2. The molecule has 0 atom stereocenters. The molecule has 0 saturated carbocycles. The van der Waals surface area contributed by atoms with Gasteiger partial charge in [0, 0.05) is 36.3 Å². The minimum atomic E-state index is -0.553. The van der Waals surface area contributed by atoms with Crippen LogP contribution in [-0.2, 0) is 20.9 Å². The zero-order chi connectivity index (χ0) is 21.3. The van der Waals surface area contributed by atoms with Crippen molar-refractivity contribution < 1.29 is 14.3 Å². The number of para-hydroxylation sites is 1. The Bertz CT molecular complexity index is 1040. The topological polar surface area (TPSA) is 59.5 Å². The summed E-state index contributed by atoms with van der Waals surface area (Å²) < 4.78 is 5.18. The van der Waals surface area contributed by atoms with Gasteiger partial charge < -0.3 is 9.64 Å². The van der Waals surface area contributed by atoms with Gasteiger partial charge in [-0.3, -0.25) is 9.78 Å². The maximum absolute atomic E-state index is 12.6. The molecule has 0 aliphatic rings. The van der Waals surface area contributed by atoms with E-state index in [1.807, 2.05) is 68.4 Å². The van der Waals surface area contributed by atoms with Crippen molar-refractivity contribution in [1.82, 2.24) is 9.88 Å². The molecule has 1 heterocycles. The highest BCUT2D eigenvalue weighted by Gasteiger charge is 2.15. The van der Waals surface area contributed by atoms with Gasteiger partial charge in [0.1, 0.15) is 0 Å². The predicted molar refractivity (Wildman–Crippen MR) is 119 cm³/mol. The fraction of sp³-hybridized carbons (Fsp3) is 0.240. The Morgan fingerprint density at radius 3 is 2.60 bits per heavy atom. The number of pyridine rings is 1. The lowest BCUT2D eigenvalue weighted by molar-refractivity contribution is -0.148. The van der Waals surface area contributed by atoms with Crippen LogP contribution in [-0.4, -0.2) is 34.9 Å². The Labute approximate surface area is 177 Å². The second kappa shape index (κ2) is 10.3. The first-order valence-electron chi connectivity index (χ1n) is 10.1. The molecular formula is C25H26N2O3. The van der Waals surface area contributed by atoms with E-state index in [0.717, 1.165) is 28.5 Å². The van der Waals surface area contributed by atoms with E-state index in [4.69, 9.17) is 4.74 Å². The van der Waals surface area contributed by atoms with E-state index in [2.05, 4.69) is 4.98 Å². The smallest absolute Gasteiger partial charge is 0.331 e. The largest absolute Gasteiger partial charge is 0.452 e. The Hall–Kier alpha value is -3.47. The standard InChI is InChI=1S/C25H26N2O3/c1-3-16-27(17-20-11-9-19(2)10-12-20)23(28)18-30-24(29)14-13-22-7-4-6-21-8-5-15-26-25(21)22/h4-15H,3,16-18H2,1-2H3/b14-13+. The first kappa shape index (κ1) is 21.2. The second-order valence-corrected chi connectivity index (χ2v) is 7.16. The van der Waals surface area contributed by atoms with Crippen molar-refractivity contribution in [2.24, 2.45) is 0 Å². The lowest BCUT2D eigenvalue weighted by atomic mass is 10.1. The van der Waals surface area contributed by atoms with Crippen molar-refractivity contribution in [2.45, 2.75) is 26.8 Å². The van der Waals surface area contributed by atoms with Crippen molar-refractivity contribution in [3.63, 3.8) is 0 Å². The predicted octanol–water partition coefficient (Wildman–Crippen LogP) is 4.54. The SMILES string of the molecule is CCCN(Cc1ccc(C)cc1)C(=O)COC(=O)/C=C/c1cccc2cccnc12. The zero-order valence-electron chi connectivity index (χ0n) is 17.4. The molecule has 0 aliphatic carbocycles. The Balaban J connectivity index is 1.58. The van der Waals surface area contributed by atoms with E-state index in [0.29, 0.717) is 13.1 Å². The summed E-state index contributed by atoms with van der Waals surface area (Å²) in [5.74, 6) is -0.755. The van der Waals surface area contributed by atoms with Crippen LogP contribution in [0.3, 0.4) is 0 Å². The van der Waals surface area contributed by atoms with Crippen LogP contribution in [0.4, 0.5) is 0 Å². The number of fused-ring (bicyclic) bond motifs is 1. The molecule has 0 radical (unpaired) electrons. The molecule has 0 N–H and O–H groups in total. The highest BCUT2D eigenvalue weighted by molar-refractivity contribution is 5.93. The van der Waals surface area contributed by atoms with E-state index in [1.165, 1.54) is 11.6 Å². The summed E-state index contributed by atoms with van der Waals surface area (Å²) in [4.78, 5) is 30.8. The fourth-order valence-electron chi connectivity index (χ4n) is 3.17. The minimum absolute atomic E-state index is 0.203. The molecule has 0 unspecified atom stereocenters. The third-order valence-electron chi connectivity index (χ3n) is 4.74. The summed E-state index contributed by atoms with van der Waals surface area (Å²) in [6.07, 6.45) is 5.55. The van der Waals surface area contributed by atoms with Crippen LogP contribution >= 0.6 is 0 Å². The zero-order valence-corrected chi connectivity index (χ0v) is 17.4. The number of hydrogen-bond donors (Lipinski definition) is 0. The summed E-state index contributed by atoms with van der Waals surface area (Å²) in [5.41, 5.74) is 3.86. The third kappa shape index (κ3) is 5.77. The lowest BCUT2D eigenvalue weighted by Crippen LogP contribution is -2.34. The van der Waals surface area contributed by atoms with Crippen LogP contribution in [0.1, 0.15) is 30.0 Å². The van der Waals surface area contributed by atoms with Crippen molar-refractivity contribution >= 4 is 28.9 Å². The van der Waals surface area contributed by atoms with Gasteiger partial charge >= 0.3 is 5.97 Å². The first-order chi connectivity index (χ1) is 14.6. The van der Waals surface area contributed by atoms with Crippen LogP contribution in [0.25, 0.3) is 17.0 Å². The minimum Gasteiger partial charge on any atom is -0.452 e. The number of hydrogen-bond acceptors (Lipinski definition) is 4. The van der Waals surface area contributed by atoms with Gasteiger partial charge in [-0.2, -0.15) is 0 Å². The van der Waals surface area contributed by atoms with Gasteiger partial charge in [0.25, 0.3) is 5.91 Å². The number of carbonyl (C=O) groups is 2. The summed E-state index contributed by atoms with van der Waals surface area (Å²) in [6, 6.07) is 17.7. The average molecular weight is 402 g/mol. The molecule has 154 valence electrons. The summed E-state index contributed by atoms with van der Waals surface area (Å²) in [6.45, 7) is 4.88. The van der Waals surface area contributed by atoms with Crippen molar-refractivity contribution in [3.05, 3.63) is 83.6 Å². The van der Waals surface area contributed by atoms with Crippen LogP contribution in [0.2, 0.25) is 0 Å². The van der Waals surface area contributed by atoms with Crippen LogP contribution in [0, 0.1) is 6.92 Å². The number of amides is 1. The number of ether oxygens (including phenoxy) is 1.